The molecule has 2 nitrogen and oxygen atoms in total. The molecule has 0 aliphatic carbocycles. The van der Waals surface area contributed by atoms with Crippen molar-refractivity contribution in [2.45, 2.75) is 6.42 Å². The third kappa shape index (κ3) is 3.29. The van der Waals surface area contributed by atoms with Crippen LogP contribution in [0, 0.1) is 0 Å². The maximum absolute atomic E-state index is 5.09. The highest BCUT2D eigenvalue weighted by Crippen LogP contribution is 2.15. The quantitative estimate of drug-likeness (QED) is 0.731. The highest BCUT2D eigenvalue weighted by atomic mass is 16.5. The van der Waals surface area contributed by atoms with Gasteiger partial charge in [-0.1, -0.05) is 42.5 Å². The summed E-state index contributed by atoms with van der Waals surface area (Å²) >= 11 is 0. The second kappa shape index (κ2) is 5.80. The van der Waals surface area contributed by atoms with Crippen molar-refractivity contribution >= 4 is 10.8 Å². The van der Waals surface area contributed by atoms with E-state index in [9.17, 15) is 0 Å². The van der Waals surface area contributed by atoms with E-state index in [1.54, 1.807) is 7.11 Å². The van der Waals surface area contributed by atoms with Gasteiger partial charge in [0.15, 0.2) is 0 Å². The first kappa shape index (κ1) is 12.1. The minimum atomic E-state index is 0.688. The van der Waals surface area contributed by atoms with Crippen molar-refractivity contribution in [1.82, 2.24) is 4.90 Å². The molecule has 0 bridgehead atoms. The van der Waals surface area contributed by atoms with Gasteiger partial charge in [0, 0.05) is 13.7 Å². The smallest absolute Gasteiger partial charge is 0.0984 e. The molecule has 0 aromatic heterocycles. The zero-order valence-corrected chi connectivity index (χ0v) is 10.5. The van der Waals surface area contributed by atoms with E-state index in [-0.39, 0.29) is 0 Å². The molecule has 2 aromatic rings. The van der Waals surface area contributed by atoms with Gasteiger partial charge < -0.3 is 4.74 Å². The van der Waals surface area contributed by atoms with Gasteiger partial charge in [0.1, 0.15) is 0 Å². The minimum absolute atomic E-state index is 0.688. The first-order chi connectivity index (χ1) is 8.29. The van der Waals surface area contributed by atoms with Gasteiger partial charge in [0.25, 0.3) is 0 Å². The molecule has 90 valence electrons. The average molecular weight is 229 g/mol. The van der Waals surface area contributed by atoms with Crippen molar-refractivity contribution in [3.63, 3.8) is 0 Å². The lowest BCUT2D eigenvalue weighted by molar-refractivity contribution is 0.0827. The molecule has 0 atom stereocenters. The summed E-state index contributed by atoms with van der Waals surface area (Å²) in [6, 6.07) is 15.2. The molecule has 2 rings (SSSR count). The summed E-state index contributed by atoms with van der Waals surface area (Å²) in [5.74, 6) is 0. The van der Waals surface area contributed by atoms with Crippen LogP contribution in [-0.2, 0) is 11.2 Å². The molecule has 0 unspecified atom stereocenters. The summed E-state index contributed by atoms with van der Waals surface area (Å²) in [4.78, 5) is 2.18. The molecule has 0 saturated heterocycles. The maximum Gasteiger partial charge on any atom is 0.0984 e. The summed E-state index contributed by atoms with van der Waals surface area (Å²) in [6.07, 6.45) is 1.06. The van der Waals surface area contributed by atoms with Crippen LogP contribution < -0.4 is 0 Å². The van der Waals surface area contributed by atoms with Gasteiger partial charge in [-0.3, -0.25) is 4.90 Å². The molecule has 2 heteroatoms. The number of likely N-dealkylation sites (N-methyl/N-ethyl adjacent to an activating group) is 1. The van der Waals surface area contributed by atoms with Crippen molar-refractivity contribution in [2.75, 3.05) is 27.4 Å². The topological polar surface area (TPSA) is 12.5 Å². The van der Waals surface area contributed by atoms with Crippen molar-refractivity contribution in [3.8, 4) is 0 Å². The Hall–Kier alpha value is -1.38. The van der Waals surface area contributed by atoms with E-state index >= 15 is 0 Å². The van der Waals surface area contributed by atoms with Gasteiger partial charge in [0.2, 0.25) is 0 Å². The number of benzene rings is 2. The van der Waals surface area contributed by atoms with Gasteiger partial charge in [-0.25, -0.2) is 0 Å². The van der Waals surface area contributed by atoms with Crippen LogP contribution in [0.5, 0.6) is 0 Å². The molecule has 0 N–H and O–H groups in total. The van der Waals surface area contributed by atoms with E-state index in [1.165, 1.54) is 16.3 Å². The summed E-state index contributed by atoms with van der Waals surface area (Å²) in [6.45, 7) is 1.71. The largest absolute Gasteiger partial charge is 0.369 e. The van der Waals surface area contributed by atoms with Crippen LogP contribution in [0.2, 0.25) is 0 Å². The van der Waals surface area contributed by atoms with E-state index in [2.05, 4.69) is 54.4 Å². The van der Waals surface area contributed by atoms with Gasteiger partial charge >= 0.3 is 0 Å². The number of ether oxygens (including phenoxy) is 1. The lowest BCUT2D eigenvalue weighted by Gasteiger charge is -2.15. The van der Waals surface area contributed by atoms with Gasteiger partial charge in [-0.2, -0.15) is 0 Å². The van der Waals surface area contributed by atoms with Crippen molar-refractivity contribution in [2.24, 2.45) is 0 Å². The van der Waals surface area contributed by atoms with E-state index in [4.69, 9.17) is 4.74 Å². The third-order valence-electron chi connectivity index (χ3n) is 2.95. The Bertz CT molecular complexity index is 481. The Morgan fingerprint density at radius 2 is 1.82 bits per heavy atom. The van der Waals surface area contributed by atoms with Crippen LogP contribution in [0.4, 0.5) is 0 Å². The Morgan fingerprint density at radius 3 is 2.59 bits per heavy atom. The van der Waals surface area contributed by atoms with Crippen LogP contribution in [0.25, 0.3) is 10.8 Å². The summed E-state index contributed by atoms with van der Waals surface area (Å²) in [7, 11) is 3.80. The second-order valence-electron chi connectivity index (χ2n) is 4.43. The minimum Gasteiger partial charge on any atom is -0.369 e. The summed E-state index contributed by atoms with van der Waals surface area (Å²) in [5, 5.41) is 2.63. The monoisotopic (exact) mass is 229 g/mol. The van der Waals surface area contributed by atoms with Gasteiger partial charge in [0.05, 0.1) is 6.73 Å². The third-order valence-corrected chi connectivity index (χ3v) is 2.95. The molecule has 0 saturated carbocycles. The van der Waals surface area contributed by atoms with Crippen LogP contribution >= 0.6 is 0 Å². The van der Waals surface area contributed by atoms with Crippen molar-refractivity contribution < 1.29 is 4.74 Å². The first-order valence-electron chi connectivity index (χ1n) is 5.95. The molecule has 0 spiro atoms. The predicted molar refractivity (Wildman–Crippen MR) is 72.2 cm³/mol. The number of hydrogen-bond acceptors (Lipinski definition) is 2. The molecular weight excluding hydrogens is 210 g/mol. The standard InChI is InChI=1S/C15H19NO/c1-16(12-17-2)10-9-13-7-8-14-5-3-4-6-15(14)11-13/h3-8,11H,9-10,12H2,1-2H3. The van der Waals surface area contributed by atoms with E-state index < -0.39 is 0 Å². The molecule has 0 fully saturated rings. The number of methoxy groups -OCH3 is 1. The summed E-state index contributed by atoms with van der Waals surface area (Å²) < 4.78 is 5.09. The first-order valence-corrected chi connectivity index (χ1v) is 5.95. The lowest BCUT2D eigenvalue weighted by atomic mass is 10.1. The van der Waals surface area contributed by atoms with E-state index in [0.717, 1.165) is 13.0 Å². The van der Waals surface area contributed by atoms with Gasteiger partial charge in [-0.15, -0.1) is 0 Å². The number of hydrogen-bond donors (Lipinski definition) is 0. The Balaban J connectivity index is 2.04. The van der Waals surface area contributed by atoms with E-state index in [1.807, 2.05) is 0 Å². The molecule has 2 aromatic carbocycles. The maximum atomic E-state index is 5.09. The molecule has 17 heavy (non-hydrogen) atoms. The number of nitrogens with zero attached hydrogens (tertiary/aromatic N) is 1. The molecule has 0 amide bonds. The van der Waals surface area contributed by atoms with Crippen molar-refractivity contribution in [1.29, 1.82) is 0 Å². The number of rotatable bonds is 5. The molecule has 0 heterocycles. The molecule has 0 aliphatic heterocycles. The Morgan fingerprint density at radius 1 is 1.06 bits per heavy atom. The zero-order valence-electron chi connectivity index (χ0n) is 10.5. The normalized spacial score (nSPS) is 11.2. The van der Waals surface area contributed by atoms with Crippen LogP contribution in [0.15, 0.2) is 42.5 Å². The highest BCUT2D eigenvalue weighted by Gasteiger charge is 1.99. The SMILES string of the molecule is COCN(C)CCc1ccc2ccccc2c1. The fraction of sp³-hybridized carbons (Fsp3) is 0.333. The average Bonchev–Trinajstić information content (AvgIpc) is 2.36. The van der Waals surface area contributed by atoms with Gasteiger partial charge in [-0.05, 0) is 29.8 Å². The van der Waals surface area contributed by atoms with Crippen LogP contribution in [0.1, 0.15) is 5.56 Å². The second-order valence-corrected chi connectivity index (χ2v) is 4.43. The molecule has 0 aliphatic rings. The lowest BCUT2D eigenvalue weighted by Crippen LogP contribution is -2.23. The van der Waals surface area contributed by atoms with Crippen molar-refractivity contribution in [3.05, 3.63) is 48.0 Å². The molecular formula is C15H19NO. The predicted octanol–water partition coefficient (Wildman–Crippen LogP) is 2.92. The fourth-order valence-electron chi connectivity index (χ4n) is 2.00. The zero-order chi connectivity index (χ0) is 12.1. The van der Waals surface area contributed by atoms with Crippen LogP contribution in [-0.4, -0.2) is 32.3 Å². The number of fused-ring (bicyclic) bond motifs is 1. The Kier molecular flexibility index (Phi) is 4.13. The highest BCUT2D eigenvalue weighted by molar-refractivity contribution is 5.82. The fourth-order valence-corrected chi connectivity index (χ4v) is 2.00. The van der Waals surface area contributed by atoms with E-state index in [0.29, 0.717) is 6.73 Å². The molecule has 0 radical (unpaired) electrons. The summed E-state index contributed by atoms with van der Waals surface area (Å²) in [5.41, 5.74) is 1.38. The van der Waals surface area contributed by atoms with Crippen LogP contribution in [0.3, 0.4) is 0 Å². The Labute approximate surface area is 103 Å².